The van der Waals surface area contributed by atoms with E-state index in [4.69, 9.17) is 4.74 Å². The molecule has 0 amide bonds. The molecule has 6 heteroatoms. The lowest BCUT2D eigenvalue weighted by Crippen LogP contribution is -2.40. The summed E-state index contributed by atoms with van der Waals surface area (Å²) in [6.45, 7) is 3.62. The predicted octanol–water partition coefficient (Wildman–Crippen LogP) is 1.35. The number of para-hydroxylation sites is 1. The summed E-state index contributed by atoms with van der Waals surface area (Å²) in [5.41, 5.74) is 1.81. The van der Waals surface area contributed by atoms with Gasteiger partial charge < -0.3 is 10.1 Å². The van der Waals surface area contributed by atoms with Crippen LogP contribution < -0.4 is 9.62 Å². The highest BCUT2D eigenvalue weighted by molar-refractivity contribution is 7.92. The number of fused-ring (bicyclic) bond motifs is 1. The third kappa shape index (κ3) is 3.50. The summed E-state index contributed by atoms with van der Waals surface area (Å²) in [7, 11) is -1.73. The Morgan fingerprint density at radius 3 is 2.90 bits per heavy atom. The molecule has 0 radical (unpaired) electrons. The molecule has 2 rings (SSSR count). The Bertz CT molecular complexity index is 545. The topological polar surface area (TPSA) is 58.6 Å². The van der Waals surface area contributed by atoms with Gasteiger partial charge in [0, 0.05) is 32.8 Å². The molecule has 1 aromatic rings. The average molecular weight is 298 g/mol. The second kappa shape index (κ2) is 6.56. The van der Waals surface area contributed by atoms with Crippen molar-refractivity contribution in [2.24, 2.45) is 0 Å². The maximum atomic E-state index is 12.6. The summed E-state index contributed by atoms with van der Waals surface area (Å²) in [4.78, 5) is 0. The lowest BCUT2D eigenvalue weighted by Gasteiger charge is -2.25. The number of sulfonamides is 1. The van der Waals surface area contributed by atoms with Gasteiger partial charge in [-0.2, -0.15) is 0 Å². The van der Waals surface area contributed by atoms with Gasteiger partial charge in [-0.05, 0) is 25.0 Å². The minimum absolute atomic E-state index is 0.113. The second-order valence-electron chi connectivity index (χ2n) is 5.10. The molecule has 5 nitrogen and oxygen atoms in total. The van der Waals surface area contributed by atoms with Crippen molar-refractivity contribution >= 4 is 15.7 Å². The molecule has 112 valence electrons. The van der Waals surface area contributed by atoms with Crippen LogP contribution in [0.5, 0.6) is 0 Å². The number of benzene rings is 1. The number of nitrogens with one attached hydrogen (secondary N) is 1. The van der Waals surface area contributed by atoms with E-state index in [1.165, 1.54) is 0 Å². The third-order valence-electron chi connectivity index (χ3n) is 3.43. The Hall–Kier alpha value is -1.11. The maximum absolute atomic E-state index is 12.6. The van der Waals surface area contributed by atoms with E-state index in [1.54, 1.807) is 11.4 Å². The molecule has 20 heavy (non-hydrogen) atoms. The van der Waals surface area contributed by atoms with Gasteiger partial charge in [0.25, 0.3) is 0 Å². The minimum Gasteiger partial charge on any atom is -0.385 e. The summed E-state index contributed by atoms with van der Waals surface area (Å²) >= 11 is 0. The van der Waals surface area contributed by atoms with Gasteiger partial charge in [0.05, 0.1) is 11.4 Å². The monoisotopic (exact) mass is 298 g/mol. The van der Waals surface area contributed by atoms with Gasteiger partial charge in [0.2, 0.25) is 10.0 Å². The average Bonchev–Trinajstić information content (AvgIpc) is 2.59. The fraction of sp³-hybridized carbons (Fsp3) is 0.571. The second-order valence-corrected chi connectivity index (χ2v) is 7.12. The molecule has 1 aliphatic rings. The number of rotatable bonds is 5. The fourth-order valence-electron chi connectivity index (χ4n) is 2.36. The zero-order valence-corrected chi connectivity index (χ0v) is 12.8. The first-order valence-corrected chi connectivity index (χ1v) is 8.46. The van der Waals surface area contributed by atoms with E-state index in [-0.39, 0.29) is 11.8 Å². The number of anilines is 1. The third-order valence-corrected chi connectivity index (χ3v) is 5.25. The van der Waals surface area contributed by atoms with E-state index in [9.17, 15) is 8.42 Å². The van der Waals surface area contributed by atoms with Crippen molar-refractivity contribution in [1.29, 1.82) is 0 Å². The van der Waals surface area contributed by atoms with Gasteiger partial charge >= 0.3 is 0 Å². The van der Waals surface area contributed by atoms with Crippen molar-refractivity contribution in [2.75, 3.05) is 30.3 Å². The van der Waals surface area contributed by atoms with Gasteiger partial charge in [-0.1, -0.05) is 18.2 Å². The molecule has 0 spiro atoms. The van der Waals surface area contributed by atoms with Crippen molar-refractivity contribution in [3.8, 4) is 0 Å². The molecule has 1 aromatic carbocycles. The van der Waals surface area contributed by atoms with Crippen LogP contribution in [0.3, 0.4) is 0 Å². The molecule has 0 fully saturated rings. The van der Waals surface area contributed by atoms with Crippen molar-refractivity contribution in [2.45, 2.75) is 25.9 Å². The Morgan fingerprint density at radius 1 is 1.40 bits per heavy atom. The quantitative estimate of drug-likeness (QED) is 0.834. The normalized spacial score (nSPS) is 19.5. The summed E-state index contributed by atoms with van der Waals surface area (Å²) in [5.74, 6) is 0.113. The van der Waals surface area contributed by atoms with Crippen LogP contribution in [0.25, 0.3) is 0 Å². The predicted molar refractivity (Wildman–Crippen MR) is 80.4 cm³/mol. The van der Waals surface area contributed by atoms with Gasteiger partial charge in [0.15, 0.2) is 0 Å². The standard InChI is InChI=1S/C14H22N2O3S/c1-12-11-16(20(17,18)9-5-8-19-2)14-7-4-3-6-13(14)10-15-12/h3-4,6-7,12,15H,5,8-11H2,1-2H3. The molecule has 1 heterocycles. The summed E-state index contributed by atoms with van der Waals surface area (Å²) < 4.78 is 31.6. The van der Waals surface area contributed by atoms with Gasteiger partial charge in [-0.15, -0.1) is 0 Å². The molecule has 1 unspecified atom stereocenters. The van der Waals surface area contributed by atoms with Crippen molar-refractivity contribution in [3.05, 3.63) is 29.8 Å². The molecule has 1 N–H and O–H groups in total. The van der Waals surface area contributed by atoms with Gasteiger partial charge in [-0.25, -0.2) is 8.42 Å². The minimum atomic E-state index is -3.31. The van der Waals surface area contributed by atoms with Gasteiger partial charge in [0.1, 0.15) is 0 Å². The zero-order chi connectivity index (χ0) is 14.6. The van der Waals surface area contributed by atoms with E-state index < -0.39 is 10.0 Å². The van der Waals surface area contributed by atoms with Crippen molar-refractivity contribution < 1.29 is 13.2 Å². The van der Waals surface area contributed by atoms with E-state index in [0.29, 0.717) is 26.1 Å². The first-order valence-electron chi connectivity index (χ1n) is 6.85. The lowest BCUT2D eigenvalue weighted by atomic mass is 10.2. The van der Waals surface area contributed by atoms with Crippen LogP contribution in [0.1, 0.15) is 18.9 Å². The van der Waals surface area contributed by atoms with Crippen molar-refractivity contribution in [3.63, 3.8) is 0 Å². The Morgan fingerprint density at radius 2 is 2.15 bits per heavy atom. The number of hydrogen-bond acceptors (Lipinski definition) is 4. The van der Waals surface area contributed by atoms with Crippen LogP contribution in [-0.2, 0) is 21.3 Å². The van der Waals surface area contributed by atoms with E-state index in [0.717, 1.165) is 11.3 Å². The SMILES string of the molecule is COCCCS(=O)(=O)N1CC(C)NCc2ccccc21. The van der Waals surface area contributed by atoms with Gasteiger partial charge in [-0.3, -0.25) is 4.31 Å². The van der Waals surface area contributed by atoms with E-state index in [2.05, 4.69) is 5.32 Å². The number of hydrogen-bond donors (Lipinski definition) is 1. The van der Waals surface area contributed by atoms with E-state index >= 15 is 0 Å². The highest BCUT2D eigenvalue weighted by atomic mass is 32.2. The highest BCUT2D eigenvalue weighted by Gasteiger charge is 2.27. The Kier molecular flexibility index (Phi) is 5.01. The summed E-state index contributed by atoms with van der Waals surface area (Å²) in [6, 6.07) is 7.79. The largest absolute Gasteiger partial charge is 0.385 e. The van der Waals surface area contributed by atoms with Crippen LogP contribution in [0.2, 0.25) is 0 Å². The van der Waals surface area contributed by atoms with Crippen molar-refractivity contribution in [1.82, 2.24) is 5.32 Å². The molecule has 0 bridgehead atoms. The van der Waals surface area contributed by atoms with Crippen LogP contribution in [0.15, 0.2) is 24.3 Å². The fourth-order valence-corrected chi connectivity index (χ4v) is 3.99. The molecule has 0 aromatic heterocycles. The van der Waals surface area contributed by atoms with E-state index in [1.807, 2.05) is 31.2 Å². The summed E-state index contributed by atoms with van der Waals surface area (Å²) in [5, 5.41) is 3.34. The number of methoxy groups -OCH3 is 1. The molecule has 0 saturated carbocycles. The number of nitrogens with zero attached hydrogens (tertiary/aromatic N) is 1. The first-order chi connectivity index (χ1) is 9.54. The maximum Gasteiger partial charge on any atom is 0.235 e. The molecule has 0 aliphatic carbocycles. The first kappa shape index (κ1) is 15.3. The van der Waals surface area contributed by atoms with Crippen LogP contribution in [0, 0.1) is 0 Å². The molecular weight excluding hydrogens is 276 g/mol. The van der Waals surface area contributed by atoms with Crippen LogP contribution in [-0.4, -0.2) is 40.5 Å². The molecular formula is C14H22N2O3S. The number of ether oxygens (including phenoxy) is 1. The molecule has 1 atom stereocenters. The van der Waals surface area contributed by atoms with Crippen LogP contribution >= 0.6 is 0 Å². The zero-order valence-electron chi connectivity index (χ0n) is 12.0. The summed E-state index contributed by atoms with van der Waals surface area (Å²) in [6.07, 6.45) is 0.513. The molecule has 1 aliphatic heterocycles. The Labute approximate surface area is 121 Å². The highest BCUT2D eigenvalue weighted by Crippen LogP contribution is 2.26. The smallest absolute Gasteiger partial charge is 0.235 e. The lowest BCUT2D eigenvalue weighted by molar-refractivity contribution is 0.199. The Balaban J connectivity index is 2.28. The molecule has 0 saturated heterocycles. The van der Waals surface area contributed by atoms with Crippen LogP contribution in [0.4, 0.5) is 5.69 Å².